The van der Waals surface area contributed by atoms with Gasteiger partial charge in [0.05, 0.1) is 18.2 Å². The number of aromatic nitrogens is 1. The predicted octanol–water partition coefficient (Wildman–Crippen LogP) is 1.35. The number of rotatable bonds is 1. The van der Waals surface area contributed by atoms with Crippen LogP contribution in [-0.4, -0.2) is 23.7 Å². The number of hydrogen-bond donors (Lipinski definition) is 1. The first-order chi connectivity index (χ1) is 7.63. The van der Waals surface area contributed by atoms with Crippen LogP contribution < -0.4 is 5.73 Å². The Labute approximate surface area is 91.4 Å². The number of ether oxygens (including phenoxy) is 1. The number of esters is 1. The van der Waals surface area contributed by atoms with Crippen LogP contribution in [0, 0.1) is 0 Å². The average Bonchev–Trinajstić information content (AvgIpc) is 2.70. The third-order valence-corrected chi connectivity index (χ3v) is 2.35. The molecule has 1 aromatic carbocycles. The molecule has 1 amide bonds. The zero-order valence-electron chi connectivity index (χ0n) is 8.64. The van der Waals surface area contributed by atoms with Crippen molar-refractivity contribution >= 4 is 22.9 Å². The molecule has 0 aliphatic rings. The second kappa shape index (κ2) is 3.69. The van der Waals surface area contributed by atoms with E-state index in [1.165, 1.54) is 11.7 Å². The van der Waals surface area contributed by atoms with E-state index in [1.54, 1.807) is 30.5 Å². The highest BCUT2D eigenvalue weighted by Crippen LogP contribution is 2.17. The summed E-state index contributed by atoms with van der Waals surface area (Å²) in [5.74, 6) is -0.409. The van der Waals surface area contributed by atoms with Crippen molar-refractivity contribution in [2.75, 3.05) is 7.11 Å². The molecular formula is C11H10N2O3. The third kappa shape index (κ3) is 1.52. The third-order valence-electron chi connectivity index (χ3n) is 2.35. The number of nitrogens with two attached hydrogens (primary N) is 1. The summed E-state index contributed by atoms with van der Waals surface area (Å²) in [7, 11) is 1.32. The lowest BCUT2D eigenvalue weighted by atomic mass is 10.1. The molecule has 0 bridgehead atoms. The number of nitrogens with zero attached hydrogens (tertiary/aromatic N) is 1. The number of carbonyl (C=O) groups is 2. The van der Waals surface area contributed by atoms with Crippen molar-refractivity contribution in [2.45, 2.75) is 0 Å². The Bertz CT molecular complexity index is 572. The molecule has 1 aromatic heterocycles. The van der Waals surface area contributed by atoms with Crippen LogP contribution >= 0.6 is 0 Å². The number of methoxy groups -OCH3 is 1. The minimum absolute atomic E-state index is 0.409. The molecule has 2 rings (SSSR count). The molecule has 5 heteroatoms. The van der Waals surface area contributed by atoms with Gasteiger partial charge in [-0.25, -0.2) is 9.59 Å². The summed E-state index contributed by atoms with van der Waals surface area (Å²) in [6.07, 6.45) is 1.56. The highest BCUT2D eigenvalue weighted by Gasteiger charge is 2.09. The van der Waals surface area contributed by atoms with E-state index < -0.39 is 12.0 Å². The van der Waals surface area contributed by atoms with Crippen molar-refractivity contribution in [3.05, 3.63) is 36.0 Å². The second-order valence-corrected chi connectivity index (χ2v) is 3.29. The average molecular weight is 218 g/mol. The smallest absolute Gasteiger partial charge is 0.337 e. The summed E-state index contributed by atoms with van der Waals surface area (Å²) in [6, 6.07) is 6.06. The van der Waals surface area contributed by atoms with Crippen LogP contribution in [0.4, 0.5) is 4.79 Å². The highest BCUT2D eigenvalue weighted by molar-refractivity contribution is 5.97. The molecule has 0 saturated heterocycles. The lowest BCUT2D eigenvalue weighted by molar-refractivity contribution is 0.0601. The molecule has 0 spiro atoms. The Kier molecular flexibility index (Phi) is 2.36. The number of primary amides is 1. The number of carbonyl (C=O) groups excluding carboxylic acids is 2. The van der Waals surface area contributed by atoms with Gasteiger partial charge in [-0.2, -0.15) is 0 Å². The molecule has 0 atom stereocenters. The van der Waals surface area contributed by atoms with E-state index >= 15 is 0 Å². The van der Waals surface area contributed by atoms with E-state index in [-0.39, 0.29) is 0 Å². The lowest BCUT2D eigenvalue weighted by Crippen LogP contribution is -2.18. The van der Waals surface area contributed by atoms with Crippen LogP contribution in [0.1, 0.15) is 10.4 Å². The van der Waals surface area contributed by atoms with Crippen LogP contribution in [0.15, 0.2) is 30.5 Å². The summed E-state index contributed by atoms with van der Waals surface area (Å²) in [4.78, 5) is 22.3. The van der Waals surface area contributed by atoms with Gasteiger partial charge in [0.25, 0.3) is 0 Å². The van der Waals surface area contributed by atoms with Gasteiger partial charge in [-0.1, -0.05) is 0 Å². The van der Waals surface area contributed by atoms with Crippen molar-refractivity contribution in [1.29, 1.82) is 0 Å². The Balaban J connectivity index is 2.57. The molecule has 0 unspecified atom stereocenters. The molecule has 0 fully saturated rings. The van der Waals surface area contributed by atoms with Crippen molar-refractivity contribution in [3.8, 4) is 0 Å². The van der Waals surface area contributed by atoms with Gasteiger partial charge in [-0.05, 0) is 24.3 Å². The SMILES string of the molecule is COC(=O)c1ccc2c(ccn2C(N)=O)c1. The maximum Gasteiger partial charge on any atom is 0.337 e. The largest absolute Gasteiger partial charge is 0.465 e. The van der Waals surface area contributed by atoms with E-state index in [0.29, 0.717) is 11.1 Å². The summed E-state index contributed by atoms with van der Waals surface area (Å²) in [5.41, 5.74) is 6.29. The van der Waals surface area contributed by atoms with Crippen LogP contribution in [0.25, 0.3) is 10.9 Å². The number of hydrogen-bond acceptors (Lipinski definition) is 3. The Hall–Kier alpha value is -2.30. The normalized spacial score (nSPS) is 10.3. The maximum absolute atomic E-state index is 11.3. The van der Waals surface area contributed by atoms with Gasteiger partial charge in [0.1, 0.15) is 0 Å². The van der Waals surface area contributed by atoms with Gasteiger partial charge in [-0.15, -0.1) is 0 Å². The molecular weight excluding hydrogens is 208 g/mol. The first-order valence-corrected chi connectivity index (χ1v) is 4.62. The van der Waals surface area contributed by atoms with Crippen LogP contribution in [0.3, 0.4) is 0 Å². The predicted molar refractivity (Wildman–Crippen MR) is 58.3 cm³/mol. The Morgan fingerprint density at radius 1 is 1.31 bits per heavy atom. The Morgan fingerprint density at radius 3 is 2.69 bits per heavy atom. The van der Waals surface area contributed by atoms with E-state index in [9.17, 15) is 9.59 Å². The molecule has 0 aliphatic heterocycles. The zero-order valence-corrected chi connectivity index (χ0v) is 8.64. The van der Waals surface area contributed by atoms with E-state index in [4.69, 9.17) is 5.73 Å². The zero-order chi connectivity index (χ0) is 11.7. The van der Waals surface area contributed by atoms with Crippen molar-refractivity contribution in [1.82, 2.24) is 4.57 Å². The maximum atomic E-state index is 11.3. The molecule has 5 nitrogen and oxygen atoms in total. The summed E-state index contributed by atoms with van der Waals surface area (Å²) in [6.45, 7) is 0. The van der Waals surface area contributed by atoms with Gasteiger partial charge in [-0.3, -0.25) is 4.57 Å². The minimum atomic E-state index is -0.555. The fourth-order valence-electron chi connectivity index (χ4n) is 1.58. The van der Waals surface area contributed by atoms with E-state index in [2.05, 4.69) is 4.74 Å². The molecule has 2 aromatic rings. The molecule has 2 N–H and O–H groups in total. The second-order valence-electron chi connectivity index (χ2n) is 3.29. The first-order valence-electron chi connectivity index (χ1n) is 4.62. The van der Waals surface area contributed by atoms with Crippen LogP contribution in [-0.2, 0) is 4.74 Å². The molecule has 1 heterocycles. The summed E-state index contributed by atoms with van der Waals surface area (Å²) >= 11 is 0. The Morgan fingerprint density at radius 2 is 2.06 bits per heavy atom. The molecule has 16 heavy (non-hydrogen) atoms. The van der Waals surface area contributed by atoms with Gasteiger partial charge < -0.3 is 10.5 Å². The van der Waals surface area contributed by atoms with E-state index in [1.807, 2.05) is 0 Å². The fourth-order valence-corrected chi connectivity index (χ4v) is 1.58. The minimum Gasteiger partial charge on any atom is -0.465 e. The molecule has 0 aliphatic carbocycles. The van der Waals surface area contributed by atoms with Gasteiger partial charge in [0, 0.05) is 11.6 Å². The number of amides is 1. The molecule has 0 saturated carbocycles. The number of benzene rings is 1. The summed E-state index contributed by atoms with van der Waals surface area (Å²) < 4.78 is 5.92. The topological polar surface area (TPSA) is 74.3 Å². The van der Waals surface area contributed by atoms with Crippen molar-refractivity contribution in [3.63, 3.8) is 0 Å². The van der Waals surface area contributed by atoms with Crippen LogP contribution in [0.2, 0.25) is 0 Å². The van der Waals surface area contributed by atoms with E-state index in [0.717, 1.165) is 5.39 Å². The monoisotopic (exact) mass is 218 g/mol. The first kappa shape index (κ1) is 10.2. The van der Waals surface area contributed by atoms with Crippen molar-refractivity contribution < 1.29 is 14.3 Å². The van der Waals surface area contributed by atoms with Gasteiger partial charge >= 0.3 is 12.0 Å². The lowest BCUT2D eigenvalue weighted by Gasteiger charge is -2.01. The highest BCUT2D eigenvalue weighted by atomic mass is 16.5. The summed E-state index contributed by atoms with van der Waals surface area (Å²) in [5, 5.41) is 0.765. The van der Waals surface area contributed by atoms with Crippen molar-refractivity contribution in [2.24, 2.45) is 5.73 Å². The number of fused-ring (bicyclic) bond motifs is 1. The standard InChI is InChI=1S/C11H10N2O3/c1-16-10(14)8-2-3-9-7(6-8)4-5-13(9)11(12)15/h2-6H,1H3,(H2,12,15). The molecule has 82 valence electrons. The van der Waals surface area contributed by atoms with Gasteiger partial charge in [0.15, 0.2) is 0 Å². The molecule has 0 radical (unpaired) electrons. The van der Waals surface area contributed by atoms with Gasteiger partial charge in [0.2, 0.25) is 0 Å². The quantitative estimate of drug-likeness (QED) is 0.734. The van der Waals surface area contributed by atoms with Crippen LogP contribution in [0.5, 0.6) is 0 Å². The fraction of sp³-hybridized carbons (Fsp3) is 0.0909.